The second-order valence-corrected chi connectivity index (χ2v) is 4.54. The van der Waals surface area contributed by atoms with Crippen LogP contribution >= 0.6 is 0 Å². The molecule has 1 aromatic rings. The highest BCUT2D eigenvalue weighted by Gasteiger charge is 2.35. The predicted molar refractivity (Wildman–Crippen MR) is 76.2 cm³/mol. The summed E-state index contributed by atoms with van der Waals surface area (Å²) in [7, 11) is 1.37. The molecule has 1 unspecified atom stereocenters. The van der Waals surface area contributed by atoms with Crippen LogP contribution in [0.2, 0.25) is 0 Å². The molecule has 0 spiro atoms. The Kier molecular flexibility index (Phi) is 5.76. The molecular formula is C15H17NO5. The van der Waals surface area contributed by atoms with Gasteiger partial charge in [-0.1, -0.05) is 5.92 Å². The number of nitrogens with one attached hydrogen (secondary N) is 1. The van der Waals surface area contributed by atoms with E-state index in [1.807, 2.05) is 0 Å². The normalized spacial score (nSPS) is 12.8. The van der Waals surface area contributed by atoms with Gasteiger partial charge in [0, 0.05) is 12.7 Å². The van der Waals surface area contributed by atoms with Crippen LogP contribution in [0.15, 0.2) is 24.3 Å². The Morgan fingerprint density at radius 3 is 2.48 bits per heavy atom. The number of benzene rings is 1. The van der Waals surface area contributed by atoms with Crippen LogP contribution in [0.5, 0.6) is 5.75 Å². The average molecular weight is 291 g/mol. The van der Waals surface area contributed by atoms with Crippen LogP contribution < -0.4 is 10.1 Å². The highest BCUT2D eigenvalue weighted by molar-refractivity contribution is 5.97. The van der Waals surface area contributed by atoms with Crippen molar-refractivity contribution in [2.75, 3.05) is 20.3 Å². The lowest BCUT2D eigenvalue weighted by Gasteiger charge is -2.25. The lowest BCUT2D eigenvalue weighted by molar-refractivity contribution is -0.145. The predicted octanol–water partition coefficient (Wildman–Crippen LogP) is 0.918. The quantitative estimate of drug-likeness (QED) is 0.730. The molecule has 0 fully saturated rings. The molecule has 1 amide bonds. The number of aliphatic carboxylic acids is 1. The summed E-state index contributed by atoms with van der Waals surface area (Å²) in [4.78, 5) is 23.3. The van der Waals surface area contributed by atoms with E-state index in [1.165, 1.54) is 26.2 Å². The highest BCUT2D eigenvalue weighted by atomic mass is 16.5. The van der Waals surface area contributed by atoms with E-state index in [9.17, 15) is 9.59 Å². The Hall–Kier alpha value is -2.52. The Morgan fingerprint density at radius 1 is 1.38 bits per heavy atom. The van der Waals surface area contributed by atoms with Crippen molar-refractivity contribution in [1.29, 1.82) is 0 Å². The van der Waals surface area contributed by atoms with Gasteiger partial charge in [-0.15, -0.1) is 6.42 Å². The molecule has 1 aromatic carbocycles. The first-order chi connectivity index (χ1) is 9.92. The third kappa shape index (κ3) is 4.51. The number of carboxylic acids is 1. The van der Waals surface area contributed by atoms with Crippen LogP contribution in [0, 0.1) is 12.3 Å². The summed E-state index contributed by atoms with van der Waals surface area (Å²) in [5.74, 6) is 1.17. The Morgan fingerprint density at radius 2 is 2.00 bits per heavy atom. The van der Waals surface area contributed by atoms with Crippen molar-refractivity contribution in [1.82, 2.24) is 5.32 Å². The zero-order valence-corrected chi connectivity index (χ0v) is 11.9. The van der Waals surface area contributed by atoms with Crippen molar-refractivity contribution in [2.24, 2.45) is 0 Å². The third-order valence-corrected chi connectivity index (χ3v) is 2.73. The van der Waals surface area contributed by atoms with Crippen LogP contribution in [0.4, 0.5) is 0 Å². The van der Waals surface area contributed by atoms with Gasteiger partial charge in [0.15, 0.2) is 5.54 Å². The molecule has 6 nitrogen and oxygen atoms in total. The van der Waals surface area contributed by atoms with E-state index in [1.54, 1.807) is 12.1 Å². The molecule has 0 saturated heterocycles. The number of hydrogen-bond acceptors (Lipinski definition) is 4. The maximum Gasteiger partial charge on any atom is 0.331 e. The van der Waals surface area contributed by atoms with E-state index in [2.05, 4.69) is 11.2 Å². The van der Waals surface area contributed by atoms with E-state index in [-0.39, 0.29) is 13.2 Å². The van der Waals surface area contributed by atoms with Gasteiger partial charge in [-0.3, -0.25) is 4.79 Å². The Labute approximate surface area is 123 Å². The van der Waals surface area contributed by atoms with Crippen LogP contribution in [0.1, 0.15) is 17.3 Å². The summed E-state index contributed by atoms with van der Waals surface area (Å²) < 4.78 is 10.0. The van der Waals surface area contributed by atoms with Crippen molar-refractivity contribution in [2.45, 2.75) is 12.5 Å². The summed E-state index contributed by atoms with van der Waals surface area (Å²) in [6, 6.07) is 6.22. The summed E-state index contributed by atoms with van der Waals surface area (Å²) in [6.07, 6.45) is 5.07. The minimum Gasteiger partial charge on any atom is -0.481 e. The fourth-order valence-corrected chi connectivity index (χ4v) is 1.59. The number of carbonyl (C=O) groups is 2. The molecule has 0 heterocycles. The van der Waals surface area contributed by atoms with Crippen molar-refractivity contribution in [3.05, 3.63) is 29.8 Å². The molecule has 0 radical (unpaired) electrons. The number of carboxylic acid groups (broad SMARTS) is 1. The van der Waals surface area contributed by atoms with Gasteiger partial charge in [-0.25, -0.2) is 4.79 Å². The van der Waals surface area contributed by atoms with Gasteiger partial charge >= 0.3 is 5.97 Å². The number of methoxy groups -OCH3 is 1. The smallest absolute Gasteiger partial charge is 0.331 e. The molecule has 0 saturated carbocycles. The van der Waals surface area contributed by atoms with Gasteiger partial charge in [-0.05, 0) is 31.2 Å². The van der Waals surface area contributed by atoms with E-state index in [0.717, 1.165) is 0 Å². The second kappa shape index (κ2) is 7.31. The van der Waals surface area contributed by atoms with Crippen LogP contribution in [-0.2, 0) is 9.53 Å². The van der Waals surface area contributed by atoms with E-state index in [0.29, 0.717) is 11.3 Å². The lowest BCUT2D eigenvalue weighted by atomic mass is 10.0. The summed E-state index contributed by atoms with van der Waals surface area (Å²) >= 11 is 0. The molecule has 2 N–H and O–H groups in total. The fraction of sp³-hybridized carbons (Fsp3) is 0.333. The molecule has 0 aliphatic carbocycles. The maximum absolute atomic E-state index is 12.1. The van der Waals surface area contributed by atoms with Crippen molar-refractivity contribution >= 4 is 11.9 Å². The molecule has 0 aromatic heterocycles. The molecule has 1 atom stereocenters. The zero-order valence-electron chi connectivity index (χ0n) is 11.9. The number of terminal acetylenes is 1. The molecule has 0 bridgehead atoms. The van der Waals surface area contributed by atoms with E-state index in [4.69, 9.17) is 21.0 Å². The van der Waals surface area contributed by atoms with Gasteiger partial charge in [0.25, 0.3) is 5.91 Å². The fourth-order valence-electron chi connectivity index (χ4n) is 1.59. The first kappa shape index (κ1) is 16.5. The van der Waals surface area contributed by atoms with Crippen LogP contribution in [0.25, 0.3) is 0 Å². The maximum atomic E-state index is 12.1. The molecule has 6 heteroatoms. The first-order valence-electron chi connectivity index (χ1n) is 6.14. The molecule has 0 aliphatic heterocycles. The number of carbonyl (C=O) groups excluding carboxylic acids is 1. The van der Waals surface area contributed by atoms with Crippen molar-refractivity contribution in [3.8, 4) is 18.1 Å². The third-order valence-electron chi connectivity index (χ3n) is 2.73. The Bertz CT molecular complexity index is 546. The van der Waals surface area contributed by atoms with E-state index < -0.39 is 17.4 Å². The Balaban J connectivity index is 2.79. The molecule has 1 rings (SSSR count). The summed E-state index contributed by atoms with van der Waals surface area (Å²) in [5.41, 5.74) is -1.18. The molecule has 21 heavy (non-hydrogen) atoms. The largest absolute Gasteiger partial charge is 0.481 e. The van der Waals surface area contributed by atoms with E-state index >= 15 is 0 Å². The summed E-state index contributed by atoms with van der Waals surface area (Å²) in [6.45, 7) is 1.37. The molecular weight excluding hydrogens is 274 g/mol. The van der Waals surface area contributed by atoms with Crippen LogP contribution in [-0.4, -0.2) is 42.8 Å². The van der Waals surface area contributed by atoms with Gasteiger partial charge < -0.3 is 19.9 Å². The van der Waals surface area contributed by atoms with Gasteiger partial charge in [0.05, 0.1) is 6.61 Å². The highest BCUT2D eigenvalue weighted by Crippen LogP contribution is 2.13. The van der Waals surface area contributed by atoms with Gasteiger partial charge in [0.2, 0.25) is 0 Å². The second-order valence-electron chi connectivity index (χ2n) is 4.54. The monoisotopic (exact) mass is 291 g/mol. The zero-order chi connectivity index (χ0) is 15.9. The minimum absolute atomic E-state index is 0.135. The number of amides is 1. The SMILES string of the molecule is C#CCOc1ccc(C(=O)NC(C)(COC)C(=O)O)cc1. The molecule has 112 valence electrons. The van der Waals surface area contributed by atoms with Gasteiger partial charge in [-0.2, -0.15) is 0 Å². The number of hydrogen-bond donors (Lipinski definition) is 2. The number of rotatable bonds is 7. The average Bonchev–Trinajstić information content (AvgIpc) is 2.45. The van der Waals surface area contributed by atoms with Crippen molar-refractivity contribution in [3.63, 3.8) is 0 Å². The van der Waals surface area contributed by atoms with Crippen LogP contribution in [0.3, 0.4) is 0 Å². The van der Waals surface area contributed by atoms with Crippen molar-refractivity contribution < 1.29 is 24.2 Å². The first-order valence-corrected chi connectivity index (χ1v) is 6.14. The standard InChI is InChI=1S/C15H17NO5/c1-4-9-21-12-7-5-11(6-8-12)13(17)16-15(2,10-20-3)14(18)19/h1,5-8H,9-10H2,2-3H3,(H,16,17)(H,18,19). The number of ether oxygens (including phenoxy) is 2. The molecule has 0 aliphatic rings. The van der Waals surface area contributed by atoms with Gasteiger partial charge in [0.1, 0.15) is 12.4 Å². The summed E-state index contributed by atoms with van der Waals surface area (Å²) in [5, 5.41) is 11.6. The topological polar surface area (TPSA) is 84.9 Å². The lowest BCUT2D eigenvalue weighted by Crippen LogP contribution is -2.55. The minimum atomic E-state index is -1.50.